The van der Waals surface area contributed by atoms with Crippen molar-refractivity contribution < 1.29 is 9.53 Å². The summed E-state index contributed by atoms with van der Waals surface area (Å²) >= 11 is 3.46. The zero-order valence-electron chi connectivity index (χ0n) is 15.6. The van der Waals surface area contributed by atoms with Gasteiger partial charge in [-0.05, 0) is 69.3 Å². The van der Waals surface area contributed by atoms with Crippen molar-refractivity contribution >= 4 is 33.8 Å². The molecule has 0 aliphatic carbocycles. The maximum atomic E-state index is 11.8. The highest BCUT2D eigenvalue weighted by Crippen LogP contribution is 2.22. The molecule has 0 atom stereocenters. The van der Waals surface area contributed by atoms with E-state index in [4.69, 9.17) is 4.74 Å². The summed E-state index contributed by atoms with van der Waals surface area (Å²) in [6, 6.07) is 17.4. The molecule has 0 saturated carbocycles. The van der Waals surface area contributed by atoms with Crippen LogP contribution in [0.5, 0.6) is 0 Å². The standard InChI is InChI=1S/C22H21BrN2O2/c1-4-27-22(26)17-8-10-21(11-9-17)25-15(2)12-18(16(25)3)14-24-20-7-5-6-19(23)13-20/h5-14H,4H2,1-3H3. The Morgan fingerprint density at radius 3 is 2.56 bits per heavy atom. The Kier molecular flexibility index (Phi) is 5.91. The van der Waals surface area contributed by atoms with Crippen LogP contribution in [0.15, 0.2) is 64.1 Å². The van der Waals surface area contributed by atoms with Crippen LogP contribution in [0.3, 0.4) is 0 Å². The fraction of sp³-hybridized carbons (Fsp3) is 0.182. The molecule has 0 spiro atoms. The summed E-state index contributed by atoms with van der Waals surface area (Å²) in [6.07, 6.45) is 1.88. The molecule has 0 aliphatic heterocycles. The van der Waals surface area contributed by atoms with Gasteiger partial charge in [-0.15, -0.1) is 0 Å². The maximum absolute atomic E-state index is 11.8. The molecule has 0 radical (unpaired) electrons. The highest BCUT2D eigenvalue weighted by Gasteiger charge is 2.11. The minimum absolute atomic E-state index is 0.299. The lowest BCUT2D eigenvalue weighted by molar-refractivity contribution is 0.0526. The molecule has 0 bridgehead atoms. The average molecular weight is 425 g/mol. The van der Waals surface area contributed by atoms with Gasteiger partial charge in [0.1, 0.15) is 0 Å². The highest BCUT2D eigenvalue weighted by atomic mass is 79.9. The Bertz CT molecular complexity index is 988. The zero-order valence-corrected chi connectivity index (χ0v) is 17.2. The lowest BCUT2D eigenvalue weighted by Crippen LogP contribution is -2.05. The Labute approximate surface area is 167 Å². The number of aryl methyl sites for hydroxylation is 1. The van der Waals surface area contributed by atoms with E-state index in [1.54, 1.807) is 19.1 Å². The normalized spacial score (nSPS) is 11.1. The van der Waals surface area contributed by atoms with Crippen molar-refractivity contribution in [3.63, 3.8) is 0 Å². The predicted octanol–water partition coefficient (Wildman–Crippen LogP) is 5.78. The second-order valence-electron chi connectivity index (χ2n) is 6.17. The van der Waals surface area contributed by atoms with Crippen molar-refractivity contribution in [1.82, 2.24) is 4.57 Å². The highest BCUT2D eigenvalue weighted by molar-refractivity contribution is 9.10. The number of aromatic nitrogens is 1. The number of carbonyl (C=O) groups is 1. The summed E-state index contributed by atoms with van der Waals surface area (Å²) in [6.45, 7) is 6.30. The van der Waals surface area contributed by atoms with Gasteiger partial charge in [-0.25, -0.2) is 4.79 Å². The van der Waals surface area contributed by atoms with Gasteiger partial charge in [0.15, 0.2) is 0 Å². The van der Waals surface area contributed by atoms with Gasteiger partial charge in [0, 0.05) is 33.3 Å². The molecule has 1 aromatic heterocycles. The third kappa shape index (κ3) is 4.37. The molecule has 4 nitrogen and oxygen atoms in total. The molecule has 3 rings (SSSR count). The molecule has 0 amide bonds. The van der Waals surface area contributed by atoms with Gasteiger partial charge in [-0.1, -0.05) is 22.0 Å². The van der Waals surface area contributed by atoms with Crippen LogP contribution < -0.4 is 0 Å². The Morgan fingerprint density at radius 1 is 1.15 bits per heavy atom. The van der Waals surface area contributed by atoms with Crippen LogP contribution in [0.1, 0.15) is 34.2 Å². The van der Waals surface area contributed by atoms with E-state index in [-0.39, 0.29) is 5.97 Å². The first-order valence-corrected chi connectivity index (χ1v) is 9.55. The molecule has 5 heteroatoms. The number of aliphatic imine (C=N–C) groups is 1. The van der Waals surface area contributed by atoms with Gasteiger partial charge in [0.05, 0.1) is 17.9 Å². The predicted molar refractivity (Wildman–Crippen MR) is 113 cm³/mol. The van der Waals surface area contributed by atoms with Gasteiger partial charge in [-0.3, -0.25) is 4.99 Å². The Hall–Kier alpha value is -2.66. The van der Waals surface area contributed by atoms with E-state index in [0.29, 0.717) is 12.2 Å². The lowest BCUT2D eigenvalue weighted by atomic mass is 10.2. The fourth-order valence-electron chi connectivity index (χ4n) is 2.98. The number of hydrogen-bond donors (Lipinski definition) is 0. The summed E-state index contributed by atoms with van der Waals surface area (Å²) < 4.78 is 8.19. The zero-order chi connectivity index (χ0) is 19.4. The summed E-state index contributed by atoms with van der Waals surface area (Å²) in [4.78, 5) is 16.4. The van der Waals surface area contributed by atoms with E-state index in [1.807, 2.05) is 42.6 Å². The van der Waals surface area contributed by atoms with E-state index in [9.17, 15) is 4.79 Å². The first kappa shape index (κ1) is 19.1. The molecule has 0 aliphatic rings. The molecule has 27 heavy (non-hydrogen) atoms. The van der Waals surface area contributed by atoms with Crippen molar-refractivity contribution in [3.8, 4) is 5.69 Å². The van der Waals surface area contributed by atoms with E-state index in [1.165, 1.54) is 0 Å². The lowest BCUT2D eigenvalue weighted by Gasteiger charge is -2.10. The van der Waals surface area contributed by atoms with Crippen LogP contribution in [-0.2, 0) is 4.74 Å². The largest absolute Gasteiger partial charge is 0.462 e. The van der Waals surface area contributed by atoms with Gasteiger partial charge in [0.2, 0.25) is 0 Å². The van der Waals surface area contributed by atoms with Crippen molar-refractivity contribution in [2.24, 2.45) is 4.99 Å². The monoisotopic (exact) mass is 424 g/mol. The molecule has 138 valence electrons. The van der Waals surface area contributed by atoms with Crippen LogP contribution in [-0.4, -0.2) is 23.4 Å². The summed E-state index contributed by atoms with van der Waals surface area (Å²) in [5, 5.41) is 0. The van der Waals surface area contributed by atoms with Crippen molar-refractivity contribution in [2.45, 2.75) is 20.8 Å². The van der Waals surface area contributed by atoms with Gasteiger partial charge < -0.3 is 9.30 Å². The number of carbonyl (C=O) groups excluding carboxylic acids is 1. The molecule has 0 fully saturated rings. The minimum atomic E-state index is -0.299. The van der Waals surface area contributed by atoms with Crippen molar-refractivity contribution in [1.29, 1.82) is 0 Å². The van der Waals surface area contributed by atoms with Crippen LogP contribution >= 0.6 is 15.9 Å². The summed E-state index contributed by atoms with van der Waals surface area (Å²) in [5.41, 5.74) is 5.71. The number of benzene rings is 2. The molecular formula is C22H21BrN2O2. The molecule has 2 aromatic carbocycles. The number of ether oxygens (including phenoxy) is 1. The van der Waals surface area contributed by atoms with E-state index in [0.717, 1.165) is 32.8 Å². The average Bonchev–Trinajstić information content (AvgIpc) is 2.94. The van der Waals surface area contributed by atoms with Crippen LogP contribution in [0, 0.1) is 13.8 Å². The first-order chi connectivity index (χ1) is 13.0. The Balaban J connectivity index is 1.88. The van der Waals surface area contributed by atoms with Crippen molar-refractivity contribution in [3.05, 3.63) is 81.6 Å². The Morgan fingerprint density at radius 2 is 1.89 bits per heavy atom. The number of hydrogen-bond acceptors (Lipinski definition) is 3. The molecule has 0 N–H and O–H groups in total. The second kappa shape index (κ2) is 8.35. The topological polar surface area (TPSA) is 43.6 Å². The number of halogens is 1. The number of nitrogens with zero attached hydrogens (tertiary/aromatic N) is 2. The van der Waals surface area contributed by atoms with Crippen LogP contribution in [0.2, 0.25) is 0 Å². The third-order valence-electron chi connectivity index (χ3n) is 4.27. The molecule has 1 heterocycles. The summed E-state index contributed by atoms with van der Waals surface area (Å²) in [5.74, 6) is -0.299. The second-order valence-corrected chi connectivity index (χ2v) is 7.08. The first-order valence-electron chi connectivity index (χ1n) is 8.75. The van der Waals surface area contributed by atoms with Gasteiger partial charge in [0.25, 0.3) is 0 Å². The van der Waals surface area contributed by atoms with E-state index < -0.39 is 0 Å². The van der Waals surface area contributed by atoms with Gasteiger partial charge in [-0.2, -0.15) is 0 Å². The maximum Gasteiger partial charge on any atom is 0.338 e. The minimum Gasteiger partial charge on any atom is -0.462 e. The smallest absolute Gasteiger partial charge is 0.338 e. The van der Waals surface area contributed by atoms with E-state index in [2.05, 4.69) is 45.4 Å². The third-order valence-corrected chi connectivity index (χ3v) is 4.76. The SMILES string of the molecule is CCOC(=O)c1ccc(-n2c(C)cc(C=Nc3cccc(Br)c3)c2C)cc1. The fourth-order valence-corrected chi connectivity index (χ4v) is 3.36. The molecule has 3 aromatic rings. The van der Waals surface area contributed by atoms with Crippen molar-refractivity contribution in [2.75, 3.05) is 6.61 Å². The molecular weight excluding hydrogens is 404 g/mol. The van der Waals surface area contributed by atoms with Crippen LogP contribution in [0.4, 0.5) is 5.69 Å². The number of esters is 1. The summed E-state index contributed by atoms with van der Waals surface area (Å²) in [7, 11) is 0. The van der Waals surface area contributed by atoms with Gasteiger partial charge >= 0.3 is 5.97 Å². The number of rotatable bonds is 5. The van der Waals surface area contributed by atoms with E-state index >= 15 is 0 Å². The molecule has 0 unspecified atom stereocenters. The quantitative estimate of drug-likeness (QED) is 0.384. The molecule has 0 saturated heterocycles. The van der Waals surface area contributed by atoms with Crippen LogP contribution in [0.25, 0.3) is 5.69 Å².